The van der Waals surface area contributed by atoms with Crippen LogP contribution in [-0.2, 0) is 33.4 Å². The highest BCUT2D eigenvalue weighted by molar-refractivity contribution is 5.79. The molecule has 0 bridgehead atoms. The molecule has 214 valence electrons. The van der Waals surface area contributed by atoms with Gasteiger partial charge in [0.15, 0.2) is 0 Å². The minimum atomic E-state index is -0.277. The summed E-state index contributed by atoms with van der Waals surface area (Å²) in [5.41, 5.74) is -0.320. The van der Waals surface area contributed by atoms with E-state index >= 15 is 0 Å². The third kappa shape index (κ3) is 5.28. The summed E-state index contributed by atoms with van der Waals surface area (Å²) in [6.45, 7) is 13.5. The maximum atomic E-state index is 12.5. The van der Waals surface area contributed by atoms with Crippen molar-refractivity contribution in [3.05, 3.63) is 0 Å². The number of esters is 3. The summed E-state index contributed by atoms with van der Waals surface area (Å²) in [7, 11) is 0. The van der Waals surface area contributed by atoms with Crippen LogP contribution in [0.2, 0.25) is 0 Å². The van der Waals surface area contributed by atoms with E-state index in [2.05, 4.69) is 20.8 Å². The van der Waals surface area contributed by atoms with Gasteiger partial charge in [0.1, 0.15) is 18.0 Å². The molecule has 4 fully saturated rings. The van der Waals surface area contributed by atoms with E-state index < -0.39 is 0 Å². The summed E-state index contributed by atoms with van der Waals surface area (Å²) in [4.78, 5) is 49.5. The molecule has 0 aromatic carbocycles. The Kier molecular flexibility index (Phi) is 8.36. The Morgan fingerprint density at radius 1 is 0.974 bits per heavy atom. The quantitative estimate of drug-likeness (QED) is 0.308. The zero-order valence-corrected chi connectivity index (χ0v) is 24.4. The molecule has 4 saturated carbocycles. The van der Waals surface area contributed by atoms with Crippen LogP contribution in [0.1, 0.15) is 106 Å². The first kappa shape index (κ1) is 29.1. The van der Waals surface area contributed by atoms with E-state index in [-0.39, 0.29) is 82.6 Å². The third-order valence-electron chi connectivity index (χ3n) is 11.1. The van der Waals surface area contributed by atoms with Crippen molar-refractivity contribution in [3.8, 4) is 0 Å². The summed E-state index contributed by atoms with van der Waals surface area (Å²) >= 11 is 0. The average Bonchev–Trinajstić information content (AvgIpc) is 3.16. The van der Waals surface area contributed by atoms with E-state index in [4.69, 9.17) is 14.2 Å². The maximum absolute atomic E-state index is 12.5. The van der Waals surface area contributed by atoms with Crippen LogP contribution >= 0.6 is 0 Å². The van der Waals surface area contributed by atoms with Crippen LogP contribution in [0.3, 0.4) is 0 Å². The minimum Gasteiger partial charge on any atom is -0.463 e. The van der Waals surface area contributed by atoms with Crippen molar-refractivity contribution in [1.29, 1.82) is 0 Å². The molecule has 0 saturated heterocycles. The summed E-state index contributed by atoms with van der Waals surface area (Å²) in [5, 5.41) is 0. The Morgan fingerprint density at radius 3 is 2.29 bits per heavy atom. The van der Waals surface area contributed by atoms with Crippen LogP contribution < -0.4 is 0 Å². The van der Waals surface area contributed by atoms with Gasteiger partial charge in [-0.25, -0.2) is 0 Å². The molecular formula is C31H48O7. The van der Waals surface area contributed by atoms with Crippen LogP contribution in [0.4, 0.5) is 0 Å². The maximum Gasteiger partial charge on any atom is 0.306 e. The van der Waals surface area contributed by atoms with Crippen LogP contribution in [0.15, 0.2) is 0 Å². The SMILES string of the molecule is CC(=O)O[C@H]1C[C@H]2[C@@H]([C@H](OC(C)=O)C[C@@H]3CC(=O)CC[C@@]32C)[C@@H]2CC[C@H]([C@H](C)CCC(=O)OC(C)C)[C@@]12C. The number of hydrogen-bond donors (Lipinski definition) is 0. The lowest BCUT2D eigenvalue weighted by molar-refractivity contribution is -0.219. The van der Waals surface area contributed by atoms with E-state index in [0.29, 0.717) is 25.0 Å². The first-order valence-corrected chi connectivity index (χ1v) is 14.8. The van der Waals surface area contributed by atoms with Crippen molar-refractivity contribution in [3.63, 3.8) is 0 Å². The topological polar surface area (TPSA) is 96.0 Å². The molecule has 0 amide bonds. The molecule has 0 N–H and O–H groups in total. The minimum absolute atomic E-state index is 0.0424. The van der Waals surface area contributed by atoms with Gasteiger partial charge >= 0.3 is 17.9 Å². The number of Topliss-reactive ketones (excluding diaryl/α,β-unsaturated/α-hetero) is 1. The summed E-state index contributed by atoms with van der Waals surface area (Å²) in [5.74, 6) is 0.946. The number of fused-ring (bicyclic) bond motifs is 5. The number of hydrogen-bond acceptors (Lipinski definition) is 7. The molecule has 4 rings (SSSR count). The Morgan fingerprint density at radius 2 is 1.66 bits per heavy atom. The van der Waals surface area contributed by atoms with Crippen molar-refractivity contribution >= 4 is 23.7 Å². The molecule has 0 aromatic rings. The summed E-state index contributed by atoms with van der Waals surface area (Å²) in [6, 6.07) is 0. The smallest absolute Gasteiger partial charge is 0.306 e. The lowest BCUT2D eigenvalue weighted by Gasteiger charge is -2.63. The van der Waals surface area contributed by atoms with Gasteiger partial charge in [0, 0.05) is 44.4 Å². The number of carbonyl (C=O) groups excluding carboxylic acids is 4. The second-order valence-corrected chi connectivity index (χ2v) is 13.6. The Bertz CT molecular complexity index is 943. The zero-order chi connectivity index (χ0) is 28.0. The van der Waals surface area contributed by atoms with Gasteiger partial charge in [-0.05, 0) is 87.4 Å². The highest BCUT2D eigenvalue weighted by atomic mass is 16.6. The second kappa shape index (κ2) is 10.9. The van der Waals surface area contributed by atoms with E-state index in [9.17, 15) is 19.2 Å². The highest BCUT2D eigenvalue weighted by Crippen LogP contribution is 2.69. The van der Waals surface area contributed by atoms with E-state index in [1.807, 2.05) is 13.8 Å². The molecule has 0 radical (unpaired) electrons. The zero-order valence-electron chi connectivity index (χ0n) is 24.4. The Balaban J connectivity index is 1.67. The fraction of sp³-hybridized carbons (Fsp3) is 0.871. The third-order valence-corrected chi connectivity index (χ3v) is 11.1. The molecule has 4 aliphatic carbocycles. The predicted molar refractivity (Wildman–Crippen MR) is 142 cm³/mol. The van der Waals surface area contributed by atoms with E-state index in [1.165, 1.54) is 13.8 Å². The van der Waals surface area contributed by atoms with Gasteiger partial charge in [-0.15, -0.1) is 0 Å². The fourth-order valence-electron chi connectivity index (χ4n) is 9.47. The monoisotopic (exact) mass is 532 g/mol. The molecule has 0 unspecified atom stereocenters. The van der Waals surface area contributed by atoms with Crippen LogP contribution in [0.5, 0.6) is 0 Å². The Hall–Kier alpha value is -1.92. The first-order valence-electron chi connectivity index (χ1n) is 14.8. The number of ether oxygens (including phenoxy) is 3. The largest absolute Gasteiger partial charge is 0.463 e. The van der Waals surface area contributed by atoms with Gasteiger partial charge in [-0.1, -0.05) is 20.8 Å². The van der Waals surface area contributed by atoms with E-state index in [1.54, 1.807) is 0 Å². The lowest BCUT2D eigenvalue weighted by atomic mass is 9.43. The van der Waals surface area contributed by atoms with Crippen molar-refractivity contribution in [2.45, 2.75) is 125 Å². The van der Waals surface area contributed by atoms with Gasteiger partial charge in [-0.2, -0.15) is 0 Å². The molecule has 0 aromatic heterocycles. The van der Waals surface area contributed by atoms with Crippen molar-refractivity contribution in [2.24, 2.45) is 46.3 Å². The van der Waals surface area contributed by atoms with Gasteiger partial charge in [0.25, 0.3) is 0 Å². The molecule has 0 spiro atoms. The van der Waals surface area contributed by atoms with Gasteiger partial charge in [0.05, 0.1) is 6.10 Å². The first-order chi connectivity index (χ1) is 17.8. The molecule has 4 aliphatic rings. The van der Waals surface area contributed by atoms with Crippen molar-refractivity contribution in [2.75, 3.05) is 0 Å². The number of carbonyl (C=O) groups is 4. The summed E-state index contributed by atoms with van der Waals surface area (Å²) in [6.07, 6.45) is 5.95. The molecule has 38 heavy (non-hydrogen) atoms. The second-order valence-electron chi connectivity index (χ2n) is 13.6. The van der Waals surface area contributed by atoms with Crippen LogP contribution in [0.25, 0.3) is 0 Å². The van der Waals surface area contributed by atoms with E-state index in [0.717, 1.165) is 38.5 Å². The molecule has 0 heterocycles. The van der Waals surface area contributed by atoms with Gasteiger partial charge in [0.2, 0.25) is 0 Å². The van der Waals surface area contributed by atoms with Gasteiger partial charge < -0.3 is 14.2 Å². The fourth-order valence-corrected chi connectivity index (χ4v) is 9.47. The van der Waals surface area contributed by atoms with Crippen LogP contribution in [-0.4, -0.2) is 42.0 Å². The van der Waals surface area contributed by atoms with Crippen LogP contribution in [0, 0.1) is 46.3 Å². The van der Waals surface area contributed by atoms with Crippen molar-refractivity contribution < 1.29 is 33.4 Å². The van der Waals surface area contributed by atoms with Gasteiger partial charge in [-0.3, -0.25) is 19.2 Å². The number of ketones is 1. The summed E-state index contributed by atoms with van der Waals surface area (Å²) < 4.78 is 17.6. The molecular weight excluding hydrogens is 484 g/mol. The molecule has 10 atom stereocenters. The average molecular weight is 533 g/mol. The molecule has 7 nitrogen and oxygen atoms in total. The normalized spacial score (nSPS) is 40.9. The lowest BCUT2D eigenvalue weighted by Crippen LogP contribution is -2.63. The molecule has 7 heteroatoms. The number of rotatable bonds is 7. The molecule has 0 aliphatic heterocycles. The standard InChI is InChI=1S/C31H48O7/c1-17(2)36-28(35)11-8-18(3)23-9-10-24-29-25(16-27(31(23,24)7)38-20(5)33)30(6)13-12-22(34)14-21(30)15-26(29)37-19(4)32/h17-18,21,23-27,29H,8-16H2,1-7H3/t18-,21+,23-,24+,25+,26-,27+,29+,30+,31-/m1/s1. The highest BCUT2D eigenvalue weighted by Gasteiger charge is 2.67. The Labute approximate surface area is 228 Å². The van der Waals surface area contributed by atoms with Crippen molar-refractivity contribution in [1.82, 2.24) is 0 Å². The predicted octanol–water partition coefficient (Wildman–Crippen LogP) is 5.67.